The molecule has 0 N–H and O–H groups in total. The summed E-state index contributed by atoms with van der Waals surface area (Å²) in [4.78, 5) is 35.9. The van der Waals surface area contributed by atoms with Crippen LogP contribution in [0.3, 0.4) is 0 Å². The van der Waals surface area contributed by atoms with Crippen LogP contribution in [-0.4, -0.2) is 23.1 Å². The molecule has 0 saturated carbocycles. The molecule has 124 valence electrons. The van der Waals surface area contributed by atoms with Gasteiger partial charge in [0, 0.05) is 6.92 Å². The lowest BCUT2D eigenvalue weighted by atomic mass is 9.80. The molecule has 1 aliphatic carbocycles. The van der Waals surface area contributed by atoms with E-state index in [0.29, 0.717) is 11.3 Å². The average Bonchev–Trinajstić information content (AvgIpc) is 2.52. The van der Waals surface area contributed by atoms with Crippen LogP contribution in [0, 0.1) is 0 Å². The van der Waals surface area contributed by atoms with Crippen molar-refractivity contribution >= 4 is 17.5 Å². The number of carbonyl (C=O) groups is 3. The van der Waals surface area contributed by atoms with Crippen LogP contribution in [0.25, 0.3) is 0 Å². The molecule has 1 atom stereocenters. The third-order valence-electron chi connectivity index (χ3n) is 3.49. The molecule has 0 amide bonds. The van der Waals surface area contributed by atoms with Gasteiger partial charge in [0.1, 0.15) is 12.0 Å². The van der Waals surface area contributed by atoms with Crippen molar-refractivity contribution in [2.24, 2.45) is 0 Å². The van der Waals surface area contributed by atoms with E-state index in [9.17, 15) is 14.4 Å². The number of rotatable bonds is 4. The van der Waals surface area contributed by atoms with E-state index in [1.54, 1.807) is 18.2 Å². The minimum absolute atomic E-state index is 0.208. The van der Waals surface area contributed by atoms with Gasteiger partial charge in [-0.15, -0.1) is 0 Å². The maximum atomic E-state index is 12.5. The molecular formula is C19H18O5. The van der Waals surface area contributed by atoms with Gasteiger partial charge in [-0.1, -0.05) is 30.4 Å². The minimum atomic E-state index is -1.83. The molecule has 0 bridgehead atoms. The predicted molar refractivity (Wildman–Crippen MR) is 88.6 cm³/mol. The number of ketones is 2. The third kappa shape index (κ3) is 3.51. The number of carbonyl (C=O) groups excluding carboxylic acids is 3. The molecule has 0 fully saturated rings. The van der Waals surface area contributed by atoms with Crippen molar-refractivity contribution in [2.45, 2.75) is 26.4 Å². The summed E-state index contributed by atoms with van der Waals surface area (Å²) in [6, 6.07) is 0. The third-order valence-corrected chi connectivity index (χ3v) is 3.49. The highest BCUT2D eigenvalue weighted by Crippen LogP contribution is 2.33. The molecule has 2 aliphatic rings. The van der Waals surface area contributed by atoms with Gasteiger partial charge in [-0.05, 0) is 37.6 Å². The van der Waals surface area contributed by atoms with Gasteiger partial charge >= 0.3 is 5.97 Å². The average molecular weight is 326 g/mol. The highest BCUT2D eigenvalue weighted by molar-refractivity contribution is 6.26. The lowest BCUT2D eigenvalue weighted by Crippen LogP contribution is -2.50. The maximum absolute atomic E-state index is 12.5. The monoisotopic (exact) mass is 326 g/mol. The Morgan fingerprint density at radius 3 is 2.54 bits per heavy atom. The van der Waals surface area contributed by atoms with E-state index in [-0.39, 0.29) is 5.57 Å². The molecule has 1 heterocycles. The number of esters is 1. The molecule has 5 heteroatoms. The number of fused-ring (bicyclic) bond motifs is 1. The van der Waals surface area contributed by atoms with E-state index in [1.807, 2.05) is 31.2 Å². The van der Waals surface area contributed by atoms with Gasteiger partial charge in [-0.3, -0.25) is 14.4 Å². The van der Waals surface area contributed by atoms with Crippen molar-refractivity contribution < 1.29 is 23.9 Å². The molecule has 24 heavy (non-hydrogen) atoms. The quantitative estimate of drug-likeness (QED) is 0.451. The molecule has 0 spiro atoms. The van der Waals surface area contributed by atoms with E-state index < -0.39 is 23.1 Å². The van der Waals surface area contributed by atoms with Crippen LogP contribution in [0.2, 0.25) is 0 Å². The van der Waals surface area contributed by atoms with E-state index in [1.165, 1.54) is 19.3 Å². The van der Waals surface area contributed by atoms with Crippen molar-refractivity contribution in [3.63, 3.8) is 0 Å². The van der Waals surface area contributed by atoms with Crippen molar-refractivity contribution in [3.8, 4) is 0 Å². The summed E-state index contributed by atoms with van der Waals surface area (Å²) in [5.41, 5.74) is -1.18. The summed E-state index contributed by atoms with van der Waals surface area (Å²) < 4.78 is 10.4. The lowest BCUT2D eigenvalue weighted by Gasteiger charge is -2.30. The fraction of sp³-hybridized carbons (Fsp3) is 0.211. The van der Waals surface area contributed by atoms with Crippen LogP contribution >= 0.6 is 0 Å². The van der Waals surface area contributed by atoms with Crippen molar-refractivity contribution in [2.75, 3.05) is 0 Å². The molecule has 1 unspecified atom stereocenters. The highest BCUT2D eigenvalue weighted by Gasteiger charge is 2.48. The second-order valence-electron chi connectivity index (χ2n) is 5.39. The Bertz CT molecular complexity index is 759. The Morgan fingerprint density at radius 1 is 1.17 bits per heavy atom. The summed E-state index contributed by atoms with van der Waals surface area (Å²) in [6.07, 6.45) is 15.1. The second-order valence-corrected chi connectivity index (χ2v) is 5.39. The molecule has 1 aliphatic heterocycles. The largest absolute Gasteiger partial charge is 0.464 e. The van der Waals surface area contributed by atoms with Gasteiger partial charge in [0.05, 0.1) is 5.57 Å². The molecular weight excluding hydrogens is 308 g/mol. The molecule has 0 aromatic carbocycles. The van der Waals surface area contributed by atoms with Gasteiger partial charge in [-0.2, -0.15) is 0 Å². The molecule has 0 aromatic rings. The Labute approximate surface area is 140 Å². The van der Waals surface area contributed by atoms with E-state index in [0.717, 1.165) is 6.92 Å². The van der Waals surface area contributed by atoms with Crippen LogP contribution in [0.5, 0.6) is 0 Å². The van der Waals surface area contributed by atoms with Crippen LogP contribution < -0.4 is 0 Å². The first kappa shape index (κ1) is 17.4. The first-order valence-electron chi connectivity index (χ1n) is 7.44. The zero-order valence-electron chi connectivity index (χ0n) is 13.7. The smallest absolute Gasteiger partial charge is 0.304 e. The lowest BCUT2D eigenvalue weighted by molar-refractivity contribution is -0.167. The molecule has 5 nitrogen and oxygen atoms in total. The highest BCUT2D eigenvalue weighted by atomic mass is 16.6. The normalized spacial score (nSPS) is 23.9. The fourth-order valence-corrected chi connectivity index (χ4v) is 2.27. The minimum Gasteiger partial charge on any atom is -0.464 e. The predicted octanol–water partition coefficient (Wildman–Crippen LogP) is 2.87. The Hall–Kier alpha value is -2.95. The summed E-state index contributed by atoms with van der Waals surface area (Å²) in [5, 5.41) is 0. The van der Waals surface area contributed by atoms with Crippen LogP contribution in [0.4, 0.5) is 0 Å². The van der Waals surface area contributed by atoms with Gasteiger partial charge in [0.25, 0.3) is 0 Å². The summed E-state index contributed by atoms with van der Waals surface area (Å²) >= 11 is 0. The van der Waals surface area contributed by atoms with Crippen molar-refractivity contribution in [1.29, 1.82) is 0 Å². The standard InChI is InChI=1S/C19H18O5/c1-4-5-6-7-8-9-15-10-14-11-17(21)19(3,24-13(2)20)18(22)16(14)12-23-15/h4-12H,1-3H3/b5-4+,7-6+,9-8+. The number of hydrogen-bond acceptors (Lipinski definition) is 5. The fourth-order valence-electron chi connectivity index (χ4n) is 2.27. The first-order chi connectivity index (χ1) is 11.4. The summed E-state index contributed by atoms with van der Waals surface area (Å²) in [5.74, 6) is -1.36. The van der Waals surface area contributed by atoms with Gasteiger partial charge in [-0.25, -0.2) is 0 Å². The molecule has 0 saturated heterocycles. The van der Waals surface area contributed by atoms with Crippen molar-refractivity contribution in [3.05, 3.63) is 71.8 Å². The van der Waals surface area contributed by atoms with Gasteiger partial charge in [0.2, 0.25) is 17.2 Å². The van der Waals surface area contributed by atoms with Gasteiger partial charge < -0.3 is 9.47 Å². The van der Waals surface area contributed by atoms with Crippen molar-refractivity contribution in [1.82, 2.24) is 0 Å². The second kappa shape index (κ2) is 7.08. The Kier molecular flexibility index (Phi) is 5.14. The maximum Gasteiger partial charge on any atom is 0.304 e. The van der Waals surface area contributed by atoms with E-state index in [4.69, 9.17) is 9.47 Å². The Balaban J connectivity index is 2.26. The Morgan fingerprint density at radius 2 is 1.88 bits per heavy atom. The van der Waals surface area contributed by atoms with Crippen LogP contribution in [0.15, 0.2) is 71.8 Å². The first-order valence-corrected chi connectivity index (χ1v) is 7.44. The zero-order valence-corrected chi connectivity index (χ0v) is 13.7. The SMILES string of the molecule is C/C=C/C=C/C=C/C1=CC2=CC(=O)C(C)(OC(C)=O)C(=O)C2=CO1. The summed E-state index contributed by atoms with van der Waals surface area (Å²) in [7, 11) is 0. The van der Waals surface area contributed by atoms with Gasteiger partial charge in [0.15, 0.2) is 0 Å². The number of ether oxygens (including phenoxy) is 2. The molecule has 0 radical (unpaired) electrons. The van der Waals surface area contributed by atoms with E-state index >= 15 is 0 Å². The number of hydrogen-bond donors (Lipinski definition) is 0. The number of Topliss-reactive ketones (excluding diaryl/α,β-unsaturated/α-hetero) is 1. The summed E-state index contributed by atoms with van der Waals surface area (Å²) in [6.45, 7) is 4.36. The van der Waals surface area contributed by atoms with Crippen LogP contribution in [-0.2, 0) is 23.9 Å². The number of allylic oxidation sites excluding steroid dienone is 8. The molecule has 0 aromatic heterocycles. The molecule has 2 rings (SSSR count). The van der Waals surface area contributed by atoms with E-state index in [2.05, 4.69) is 0 Å². The van der Waals surface area contributed by atoms with Crippen LogP contribution in [0.1, 0.15) is 20.8 Å². The zero-order chi connectivity index (χ0) is 17.7. The topological polar surface area (TPSA) is 69.7 Å².